The molecule has 0 aromatic heterocycles. The Balaban J connectivity index is 2.05. The minimum atomic E-state index is -0.0129. The van der Waals surface area contributed by atoms with E-state index in [9.17, 15) is 5.11 Å². The van der Waals surface area contributed by atoms with Crippen molar-refractivity contribution in [3.05, 3.63) is 63.7 Å². The summed E-state index contributed by atoms with van der Waals surface area (Å²) in [5.41, 5.74) is 5.61. The van der Waals surface area contributed by atoms with Gasteiger partial charge >= 0.3 is 0 Å². The molecule has 2 heteroatoms. The van der Waals surface area contributed by atoms with Crippen LogP contribution in [-0.2, 0) is 16.2 Å². The van der Waals surface area contributed by atoms with Crippen molar-refractivity contribution in [1.29, 1.82) is 0 Å². The topological polar surface area (TPSA) is 20.2 Å². The summed E-state index contributed by atoms with van der Waals surface area (Å²) in [6.45, 7) is 9.26. The van der Waals surface area contributed by atoms with Gasteiger partial charge in [-0.05, 0) is 58.1 Å². The zero-order chi connectivity index (χ0) is 16.6. The monoisotopic (exact) mass is 326 g/mol. The van der Waals surface area contributed by atoms with Gasteiger partial charge in [-0.2, -0.15) is 0 Å². The van der Waals surface area contributed by atoms with Crippen LogP contribution in [0.1, 0.15) is 62.8 Å². The third-order valence-electron chi connectivity index (χ3n) is 5.99. The smallest absolute Gasteiger partial charge is 0.134 e. The second kappa shape index (κ2) is 4.33. The zero-order valence-corrected chi connectivity index (χ0v) is 15.0. The summed E-state index contributed by atoms with van der Waals surface area (Å²) < 4.78 is 0. The van der Waals surface area contributed by atoms with Crippen LogP contribution in [0.4, 0.5) is 0 Å². The lowest BCUT2D eigenvalue weighted by atomic mass is 9.72. The lowest BCUT2D eigenvalue weighted by Gasteiger charge is -2.30. The van der Waals surface area contributed by atoms with E-state index in [1.807, 2.05) is 12.1 Å². The average molecular weight is 327 g/mol. The normalized spacial score (nSPS) is 26.3. The van der Waals surface area contributed by atoms with Crippen LogP contribution in [0.2, 0.25) is 5.02 Å². The molecule has 0 fully saturated rings. The molecule has 1 atom stereocenters. The van der Waals surface area contributed by atoms with E-state index in [2.05, 4.69) is 52.0 Å². The zero-order valence-electron chi connectivity index (χ0n) is 14.2. The summed E-state index contributed by atoms with van der Waals surface area (Å²) in [5, 5.41) is 10.7. The van der Waals surface area contributed by atoms with E-state index >= 15 is 0 Å². The summed E-state index contributed by atoms with van der Waals surface area (Å²) in [6, 6.07) is 12.7. The van der Waals surface area contributed by atoms with Gasteiger partial charge < -0.3 is 5.11 Å². The van der Waals surface area contributed by atoms with E-state index in [4.69, 9.17) is 11.6 Å². The van der Waals surface area contributed by atoms with Gasteiger partial charge in [0, 0.05) is 5.41 Å². The SMILES string of the molecule is CC1(C)CC2(CC(C)(C)c3cc(Cl)c(O)cc32)c2ccccc21. The molecule has 4 rings (SSSR count). The Hall–Kier alpha value is -1.47. The first kappa shape index (κ1) is 15.1. The summed E-state index contributed by atoms with van der Waals surface area (Å²) in [5.74, 6) is 0.199. The van der Waals surface area contributed by atoms with Crippen LogP contribution in [0, 0.1) is 0 Å². The molecule has 1 nitrogen and oxygen atoms in total. The largest absolute Gasteiger partial charge is 0.506 e. The number of phenolic OH excluding ortho intramolecular Hbond substituents is 1. The Bertz CT molecular complexity index is 819. The number of aromatic hydroxyl groups is 1. The van der Waals surface area contributed by atoms with Gasteiger partial charge in [0.15, 0.2) is 0 Å². The van der Waals surface area contributed by atoms with Crippen molar-refractivity contribution < 1.29 is 5.11 Å². The standard InChI is InChI=1S/C21H23ClO/c1-19(2)11-21(14-8-6-5-7-13(14)19)12-20(3,4)15-9-17(22)18(23)10-16(15)21/h5-10,23H,11-12H2,1-4H3. The second-order valence-electron chi connectivity index (χ2n) is 8.60. The van der Waals surface area contributed by atoms with Crippen molar-refractivity contribution in [3.8, 4) is 5.75 Å². The summed E-state index contributed by atoms with van der Waals surface area (Å²) in [4.78, 5) is 0. The molecule has 1 spiro atoms. The molecule has 1 N–H and O–H groups in total. The minimum absolute atomic E-state index is 0.0129. The number of rotatable bonds is 0. The molecule has 2 aromatic rings. The molecule has 2 aromatic carbocycles. The molecule has 0 aliphatic heterocycles. The number of fused-ring (bicyclic) bond motifs is 4. The van der Waals surface area contributed by atoms with E-state index in [0.29, 0.717) is 5.02 Å². The Morgan fingerprint density at radius 2 is 1.39 bits per heavy atom. The van der Waals surface area contributed by atoms with Crippen LogP contribution < -0.4 is 0 Å². The first-order chi connectivity index (χ1) is 10.7. The number of hydrogen-bond donors (Lipinski definition) is 1. The maximum atomic E-state index is 10.2. The van der Waals surface area contributed by atoms with Crippen molar-refractivity contribution in [1.82, 2.24) is 0 Å². The molecule has 1 unspecified atom stereocenters. The van der Waals surface area contributed by atoms with Gasteiger partial charge in [0.2, 0.25) is 0 Å². The minimum Gasteiger partial charge on any atom is -0.506 e. The van der Waals surface area contributed by atoms with E-state index < -0.39 is 0 Å². The summed E-state index contributed by atoms with van der Waals surface area (Å²) in [6.07, 6.45) is 2.15. The number of hydrogen-bond acceptors (Lipinski definition) is 1. The van der Waals surface area contributed by atoms with Gasteiger partial charge in [0.05, 0.1) is 5.02 Å². The molecule has 0 amide bonds. The fourth-order valence-electron chi connectivity index (χ4n) is 5.30. The first-order valence-electron chi connectivity index (χ1n) is 8.31. The molecule has 2 aliphatic carbocycles. The molecule has 0 saturated heterocycles. The fraction of sp³-hybridized carbons (Fsp3) is 0.429. The summed E-state index contributed by atoms with van der Waals surface area (Å²) in [7, 11) is 0. The highest BCUT2D eigenvalue weighted by molar-refractivity contribution is 6.32. The molecule has 0 heterocycles. The van der Waals surface area contributed by atoms with Crippen LogP contribution in [0.25, 0.3) is 0 Å². The molecular weight excluding hydrogens is 304 g/mol. The third kappa shape index (κ3) is 1.86. The molecule has 0 bridgehead atoms. The second-order valence-corrected chi connectivity index (χ2v) is 9.01. The Kier molecular flexibility index (Phi) is 2.84. The predicted octanol–water partition coefficient (Wildman–Crippen LogP) is 5.69. The third-order valence-corrected chi connectivity index (χ3v) is 6.29. The van der Waals surface area contributed by atoms with Crippen molar-refractivity contribution in [2.75, 3.05) is 0 Å². The lowest BCUT2D eigenvalue weighted by molar-refractivity contribution is 0.349. The van der Waals surface area contributed by atoms with E-state index in [1.165, 1.54) is 22.3 Å². The quantitative estimate of drug-likeness (QED) is 0.659. The molecule has 2 aliphatic rings. The van der Waals surface area contributed by atoms with Gasteiger partial charge in [-0.3, -0.25) is 0 Å². The van der Waals surface area contributed by atoms with Gasteiger partial charge in [-0.25, -0.2) is 0 Å². The summed E-state index contributed by atoms with van der Waals surface area (Å²) >= 11 is 6.22. The number of phenols is 1. The first-order valence-corrected chi connectivity index (χ1v) is 8.69. The van der Waals surface area contributed by atoms with Crippen LogP contribution in [0.3, 0.4) is 0 Å². The van der Waals surface area contributed by atoms with Gasteiger partial charge in [-0.15, -0.1) is 0 Å². The van der Waals surface area contributed by atoms with E-state index in [-0.39, 0.29) is 22.0 Å². The van der Waals surface area contributed by atoms with Crippen molar-refractivity contribution in [2.24, 2.45) is 0 Å². The highest BCUT2D eigenvalue weighted by atomic mass is 35.5. The van der Waals surface area contributed by atoms with Crippen LogP contribution in [0.5, 0.6) is 5.75 Å². The Morgan fingerprint density at radius 3 is 2.04 bits per heavy atom. The van der Waals surface area contributed by atoms with Crippen molar-refractivity contribution in [2.45, 2.75) is 56.8 Å². The van der Waals surface area contributed by atoms with E-state index in [1.54, 1.807) is 0 Å². The van der Waals surface area contributed by atoms with Crippen molar-refractivity contribution in [3.63, 3.8) is 0 Å². The maximum absolute atomic E-state index is 10.2. The molecular formula is C21H23ClO. The number of benzene rings is 2. The highest BCUT2D eigenvalue weighted by Crippen LogP contribution is 2.63. The highest BCUT2D eigenvalue weighted by Gasteiger charge is 2.56. The maximum Gasteiger partial charge on any atom is 0.134 e. The van der Waals surface area contributed by atoms with Crippen LogP contribution in [0.15, 0.2) is 36.4 Å². The predicted molar refractivity (Wildman–Crippen MR) is 95.6 cm³/mol. The van der Waals surface area contributed by atoms with Gasteiger partial charge in [-0.1, -0.05) is 63.6 Å². The van der Waals surface area contributed by atoms with Gasteiger partial charge in [0.1, 0.15) is 5.75 Å². The van der Waals surface area contributed by atoms with Crippen LogP contribution in [-0.4, -0.2) is 5.11 Å². The Labute approximate surface area is 143 Å². The van der Waals surface area contributed by atoms with Crippen molar-refractivity contribution >= 4 is 11.6 Å². The molecule has 0 radical (unpaired) electrons. The molecule has 23 heavy (non-hydrogen) atoms. The molecule has 0 saturated carbocycles. The molecule has 120 valence electrons. The van der Waals surface area contributed by atoms with E-state index in [0.717, 1.165) is 12.8 Å². The Morgan fingerprint density at radius 1 is 0.826 bits per heavy atom. The van der Waals surface area contributed by atoms with Gasteiger partial charge in [0.25, 0.3) is 0 Å². The lowest BCUT2D eigenvalue weighted by Crippen LogP contribution is -2.26. The fourth-order valence-corrected chi connectivity index (χ4v) is 5.46. The average Bonchev–Trinajstić information content (AvgIpc) is 2.81. The number of halogens is 1. The van der Waals surface area contributed by atoms with Crippen LogP contribution >= 0.6 is 11.6 Å².